The van der Waals surface area contributed by atoms with E-state index in [0.29, 0.717) is 17.0 Å². The molecule has 0 fully saturated rings. The van der Waals surface area contributed by atoms with E-state index in [4.69, 9.17) is 23.4 Å². The lowest BCUT2D eigenvalue weighted by molar-refractivity contribution is -2.00. The Bertz CT molecular complexity index is 1360. The Hall–Kier alpha value is -3.73. The summed E-state index contributed by atoms with van der Waals surface area (Å²) in [4.78, 5) is 13.8. The van der Waals surface area contributed by atoms with Crippen LogP contribution in [-0.4, -0.2) is 16.8 Å². The van der Waals surface area contributed by atoms with E-state index in [-0.39, 0.29) is 11.3 Å². The minimum absolute atomic E-state index is 0.115. The van der Waals surface area contributed by atoms with Crippen molar-refractivity contribution in [3.05, 3.63) is 101 Å². The molecule has 0 aliphatic carbocycles. The van der Waals surface area contributed by atoms with E-state index in [0.717, 1.165) is 22.8 Å². The minimum Gasteiger partial charge on any atom is -0.508 e. The molecule has 1 N–H and O–H groups in total. The van der Waals surface area contributed by atoms with Gasteiger partial charge in [-0.15, -0.1) is 10.2 Å². The monoisotopic (exact) mass is 498 g/mol. The fourth-order valence-corrected chi connectivity index (χ4v) is 3.89. The number of para-hydroxylation sites is 2. The van der Waals surface area contributed by atoms with Crippen LogP contribution in [0.25, 0.3) is 22.5 Å². The molecule has 0 aliphatic rings. The van der Waals surface area contributed by atoms with E-state index < -0.39 is 10.2 Å². The zero-order valence-electron chi connectivity index (χ0n) is 19.2. The molecule has 182 valence electrons. The van der Waals surface area contributed by atoms with E-state index in [1.165, 1.54) is 0 Å². The number of hydrogen-bond acceptors (Lipinski definition) is 7. The number of halogens is 1. The number of aromatic nitrogens is 2. The lowest BCUT2D eigenvalue weighted by Crippen LogP contribution is -2.68. The number of methoxy groups -OCH3 is 1. The number of phenolic OH excluding ortho intramolecular Hbond substituents is 1. The SMILES string of the molecule is COc1ccccc1-n1c(C)[n+](-c2ccc(O)cc2)c(C)c(-c2ccccc2)c1=O.[O-][Cl+3]([O-])([O-])[O-]. The average molecular weight is 499 g/mol. The van der Waals surface area contributed by atoms with Gasteiger partial charge in [-0.25, -0.2) is 23.4 Å². The van der Waals surface area contributed by atoms with Gasteiger partial charge in [-0.05, 0) is 48.9 Å². The number of hydrogen-bond donors (Lipinski definition) is 1. The molecule has 0 spiro atoms. The van der Waals surface area contributed by atoms with Crippen molar-refractivity contribution in [1.82, 2.24) is 4.57 Å². The third kappa shape index (κ3) is 6.04. The van der Waals surface area contributed by atoms with Crippen molar-refractivity contribution in [2.75, 3.05) is 7.11 Å². The standard InChI is InChI=1S/C25H22N2O3.ClHO4/c1-17-24(19-9-5-4-6-10-19)25(29)27(22-11-7-8-12-23(22)30-3)18(2)26(17)20-13-15-21(28)16-14-20;2-1(3,4)5/h4-16H,1-3H3;(H,2,3,4,5). The molecule has 0 amide bonds. The highest BCUT2D eigenvalue weighted by atomic mass is 35.7. The topological polar surface area (TPSA) is 148 Å². The molecule has 1 aromatic heterocycles. The summed E-state index contributed by atoms with van der Waals surface area (Å²) < 4.78 is 43.2. The summed E-state index contributed by atoms with van der Waals surface area (Å²) in [7, 11) is -3.35. The first kappa shape index (κ1) is 25.9. The molecule has 0 saturated heterocycles. The highest BCUT2D eigenvalue weighted by Gasteiger charge is 2.28. The highest BCUT2D eigenvalue weighted by Crippen LogP contribution is 2.25. The highest BCUT2D eigenvalue weighted by molar-refractivity contribution is 5.65. The molecule has 35 heavy (non-hydrogen) atoms. The van der Waals surface area contributed by atoms with E-state index in [2.05, 4.69) is 0 Å². The first-order chi connectivity index (χ1) is 16.5. The Morgan fingerprint density at radius 2 is 1.40 bits per heavy atom. The number of aromatic hydroxyl groups is 1. The van der Waals surface area contributed by atoms with Crippen LogP contribution in [0.1, 0.15) is 11.5 Å². The summed E-state index contributed by atoms with van der Waals surface area (Å²) in [6.45, 7) is 3.85. The van der Waals surface area contributed by atoms with Crippen LogP contribution in [-0.2, 0) is 0 Å². The van der Waals surface area contributed by atoms with Gasteiger partial charge < -0.3 is 9.84 Å². The van der Waals surface area contributed by atoms with Gasteiger partial charge in [0.25, 0.3) is 5.82 Å². The van der Waals surface area contributed by atoms with Crippen LogP contribution >= 0.6 is 0 Å². The summed E-state index contributed by atoms with van der Waals surface area (Å²) in [6, 6.07) is 24.1. The van der Waals surface area contributed by atoms with Crippen LogP contribution < -0.4 is 33.5 Å². The second-order valence-electron chi connectivity index (χ2n) is 7.42. The Morgan fingerprint density at radius 3 is 1.97 bits per heavy atom. The largest absolute Gasteiger partial charge is 0.508 e. The predicted molar refractivity (Wildman–Crippen MR) is 117 cm³/mol. The van der Waals surface area contributed by atoms with Crippen molar-refractivity contribution in [3.63, 3.8) is 0 Å². The number of benzene rings is 3. The molecule has 9 nitrogen and oxygen atoms in total. The van der Waals surface area contributed by atoms with E-state index in [9.17, 15) is 9.90 Å². The van der Waals surface area contributed by atoms with E-state index in [1.54, 1.807) is 23.8 Å². The van der Waals surface area contributed by atoms with Gasteiger partial charge in [-0.1, -0.05) is 42.5 Å². The molecule has 3 aromatic carbocycles. The van der Waals surface area contributed by atoms with Crippen molar-refractivity contribution in [3.8, 4) is 34.0 Å². The molecule has 0 aliphatic heterocycles. The number of rotatable bonds is 4. The third-order valence-corrected chi connectivity index (χ3v) is 5.26. The van der Waals surface area contributed by atoms with Crippen molar-refractivity contribution < 1.29 is 43.3 Å². The molecule has 0 saturated carbocycles. The molecule has 1 heterocycles. The maximum atomic E-state index is 13.8. The van der Waals surface area contributed by atoms with Crippen LogP contribution in [0.15, 0.2) is 83.7 Å². The summed E-state index contributed by atoms with van der Waals surface area (Å²) >= 11 is 0. The van der Waals surface area contributed by atoms with Gasteiger partial charge in [0.15, 0.2) is 11.4 Å². The number of phenols is 1. The van der Waals surface area contributed by atoms with Gasteiger partial charge in [-0.2, -0.15) is 9.13 Å². The number of ether oxygens (including phenoxy) is 1. The van der Waals surface area contributed by atoms with Crippen molar-refractivity contribution in [1.29, 1.82) is 0 Å². The van der Waals surface area contributed by atoms with E-state index >= 15 is 0 Å². The molecule has 0 radical (unpaired) electrons. The Labute approximate surface area is 203 Å². The van der Waals surface area contributed by atoms with Crippen LogP contribution in [0.2, 0.25) is 0 Å². The zero-order chi connectivity index (χ0) is 25.8. The van der Waals surface area contributed by atoms with Crippen LogP contribution in [0.4, 0.5) is 0 Å². The smallest absolute Gasteiger partial charge is 0.350 e. The maximum absolute atomic E-state index is 13.8. The normalized spacial score (nSPS) is 10.9. The fourth-order valence-electron chi connectivity index (χ4n) is 3.89. The summed E-state index contributed by atoms with van der Waals surface area (Å²) in [5.74, 6) is 1.53. The van der Waals surface area contributed by atoms with Crippen molar-refractivity contribution in [2.24, 2.45) is 0 Å². The van der Waals surface area contributed by atoms with Gasteiger partial charge in [-0.3, -0.25) is 0 Å². The zero-order valence-corrected chi connectivity index (χ0v) is 19.9. The molecular formula is C25H23ClN2O7. The molecule has 0 bridgehead atoms. The van der Waals surface area contributed by atoms with E-state index in [1.807, 2.05) is 85.1 Å². The third-order valence-electron chi connectivity index (χ3n) is 5.26. The van der Waals surface area contributed by atoms with Gasteiger partial charge in [0, 0.05) is 6.92 Å². The molecular weight excluding hydrogens is 476 g/mol. The van der Waals surface area contributed by atoms with Gasteiger partial charge in [0.1, 0.15) is 22.7 Å². The Morgan fingerprint density at radius 1 is 0.857 bits per heavy atom. The molecule has 4 aromatic rings. The minimum atomic E-state index is -4.94. The summed E-state index contributed by atoms with van der Waals surface area (Å²) in [5.41, 5.74) is 3.68. The second kappa shape index (κ2) is 10.7. The fraction of sp³-hybridized carbons (Fsp3) is 0.120. The Balaban J connectivity index is 0.000000623. The van der Waals surface area contributed by atoms with Crippen molar-refractivity contribution >= 4 is 0 Å². The van der Waals surface area contributed by atoms with Crippen LogP contribution in [0.3, 0.4) is 0 Å². The Kier molecular flexibility index (Phi) is 7.90. The summed E-state index contributed by atoms with van der Waals surface area (Å²) in [5, 5.41) is 9.74. The lowest BCUT2D eigenvalue weighted by atomic mass is 10.0. The average Bonchev–Trinajstić information content (AvgIpc) is 2.80. The molecule has 4 rings (SSSR count). The van der Waals surface area contributed by atoms with Gasteiger partial charge >= 0.3 is 5.56 Å². The lowest BCUT2D eigenvalue weighted by Gasteiger charge is -2.17. The molecule has 0 atom stereocenters. The first-order valence-electron chi connectivity index (χ1n) is 10.3. The molecule has 10 heteroatoms. The molecule has 0 unspecified atom stereocenters. The first-order valence-corrected chi connectivity index (χ1v) is 11.5. The van der Waals surface area contributed by atoms with Crippen molar-refractivity contribution in [2.45, 2.75) is 13.8 Å². The van der Waals surface area contributed by atoms with Gasteiger partial charge in [0.05, 0.1) is 7.11 Å². The van der Waals surface area contributed by atoms with Gasteiger partial charge in [0.2, 0.25) is 0 Å². The second-order valence-corrected chi connectivity index (χ2v) is 8.17. The summed E-state index contributed by atoms with van der Waals surface area (Å²) in [6.07, 6.45) is 0. The van der Waals surface area contributed by atoms with Crippen LogP contribution in [0.5, 0.6) is 11.5 Å². The predicted octanol–water partition coefficient (Wildman–Crippen LogP) is -0.644. The van der Waals surface area contributed by atoms with Crippen LogP contribution in [0, 0.1) is 24.1 Å². The quantitative estimate of drug-likeness (QED) is 0.368. The maximum Gasteiger partial charge on any atom is 0.350 e. The number of nitrogens with zero attached hydrogens (tertiary/aromatic N) is 2.